The predicted molar refractivity (Wildman–Crippen MR) is 82.2 cm³/mol. The van der Waals surface area contributed by atoms with Gasteiger partial charge in [-0.25, -0.2) is 0 Å². The summed E-state index contributed by atoms with van der Waals surface area (Å²) >= 11 is 0. The van der Waals surface area contributed by atoms with Crippen molar-refractivity contribution < 1.29 is 19.1 Å². The summed E-state index contributed by atoms with van der Waals surface area (Å²) in [4.78, 5) is 37.3. The number of amides is 2. The van der Waals surface area contributed by atoms with Gasteiger partial charge < -0.3 is 15.4 Å². The number of piperazine rings is 1. The molecule has 0 saturated carbocycles. The first-order chi connectivity index (χ1) is 10.6. The van der Waals surface area contributed by atoms with Gasteiger partial charge in [0, 0.05) is 19.6 Å². The van der Waals surface area contributed by atoms with Gasteiger partial charge in [-0.05, 0) is 12.8 Å². The van der Waals surface area contributed by atoms with Crippen molar-refractivity contribution in [3.8, 4) is 0 Å². The lowest BCUT2D eigenvalue weighted by molar-refractivity contribution is -0.149. The summed E-state index contributed by atoms with van der Waals surface area (Å²) in [6.45, 7) is 6.12. The van der Waals surface area contributed by atoms with E-state index in [0.717, 1.165) is 19.3 Å². The van der Waals surface area contributed by atoms with Crippen LogP contribution in [0.1, 0.15) is 39.5 Å². The molecule has 1 saturated heterocycles. The maximum Gasteiger partial charge on any atom is 0.307 e. The SMILES string of the molecule is CCCCNC(=O)CN1CCNC(=O)C1CC(=O)OCCC. The average molecular weight is 313 g/mol. The number of ether oxygens (including phenoxy) is 1. The molecule has 0 aromatic rings. The molecule has 1 atom stereocenters. The largest absolute Gasteiger partial charge is 0.466 e. The third-order valence-corrected chi connectivity index (χ3v) is 3.47. The minimum absolute atomic E-state index is 0.0198. The lowest BCUT2D eigenvalue weighted by Gasteiger charge is -2.33. The highest BCUT2D eigenvalue weighted by Gasteiger charge is 2.33. The first-order valence-electron chi connectivity index (χ1n) is 8.02. The molecule has 0 spiro atoms. The van der Waals surface area contributed by atoms with Crippen LogP contribution in [-0.2, 0) is 19.1 Å². The number of rotatable bonds is 9. The Kier molecular flexibility index (Phi) is 8.50. The van der Waals surface area contributed by atoms with Crippen molar-refractivity contribution in [2.75, 3.05) is 32.8 Å². The van der Waals surface area contributed by atoms with Crippen molar-refractivity contribution in [1.82, 2.24) is 15.5 Å². The molecule has 0 radical (unpaired) electrons. The summed E-state index contributed by atoms with van der Waals surface area (Å²) in [5.41, 5.74) is 0. The zero-order chi connectivity index (χ0) is 16.4. The van der Waals surface area contributed by atoms with Crippen LogP contribution in [-0.4, -0.2) is 61.5 Å². The number of hydrogen-bond donors (Lipinski definition) is 2. The molecule has 126 valence electrons. The number of carbonyl (C=O) groups is 3. The summed E-state index contributed by atoms with van der Waals surface area (Å²) in [5.74, 6) is -0.739. The Balaban J connectivity index is 2.51. The maximum atomic E-state index is 12.0. The second-order valence-corrected chi connectivity index (χ2v) is 5.41. The van der Waals surface area contributed by atoms with Gasteiger partial charge in [0.1, 0.15) is 6.04 Å². The molecule has 0 aromatic carbocycles. The van der Waals surface area contributed by atoms with Crippen LogP contribution in [0, 0.1) is 0 Å². The van der Waals surface area contributed by atoms with Crippen molar-refractivity contribution in [2.24, 2.45) is 0 Å². The van der Waals surface area contributed by atoms with E-state index in [-0.39, 0.29) is 24.8 Å². The Morgan fingerprint density at radius 3 is 2.82 bits per heavy atom. The van der Waals surface area contributed by atoms with Crippen molar-refractivity contribution in [2.45, 2.75) is 45.6 Å². The number of nitrogens with zero attached hydrogens (tertiary/aromatic N) is 1. The van der Waals surface area contributed by atoms with E-state index in [1.807, 2.05) is 6.92 Å². The highest BCUT2D eigenvalue weighted by Crippen LogP contribution is 2.09. The van der Waals surface area contributed by atoms with Gasteiger partial charge in [-0.3, -0.25) is 19.3 Å². The highest BCUT2D eigenvalue weighted by atomic mass is 16.5. The first-order valence-corrected chi connectivity index (χ1v) is 8.02. The fourth-order valence-corrected chi connectivity index (χ4v) is 2.25. The van der Waals surface area contributed by atoms with E-state index in [1.54, 1.807) is 4.90 Å². The maximum absolute atomic E-state index is 12.0. The monoisotopic (exact) mass is 313 g/mol. The summed E-state index contributed by atoms with van der Waals surface area (Å²) in [6.07, 6.45) is 2.66. The van der Waals surface area contributed by atoms with Gasteiger partial charge in [0.05, 0.1) is 19.6 Å². The van der Waals surface area contributed by atoms with E-state index in [0.29, 0.717) is 26.2 Å². The number of unbranched alkanes of at least 4 members (excludes halogenated alkanes) is 1. The zero-order valence-electron chi connectivity index (χ0n) is 13.5. The third kappa shape index (κ3) is 6.43. The van der Waals surface area contributed by atoms with Crippen LogP contribution in [0.25, 0.3) is 0 Å². The van der Waals surface area contributed by atoms with Gasteiger partial charge in [0.2, 0.25) is 11.8 Å². The molecular weight excluding hydrogens is 286 g/mol. The molecule has 1 heterocycles. The van der Waals surface area contributed by atoms with Crippen LogP contribution >= 0.6 is 0 Å². The van der Waals surface area contributed by atoms with Crippen molar-refractivity contribution in [1.29, 1.82) is 0 Å². The Morgan fingerprint density at radius 1 is 1.36 bits per heavy atom. The summed E-state index contributed by atoms with van der Waals surface area (Å²) in [7, 11) is 0. The van der Waals surface area contributed by atoms with Crippen LogP contribution < -0.4 is 10.6 Å². The Labute approximate surface area is 131 Å². The summed E-state index contributed by atoms with van der Waals surface area (Å²) in [6, 6.07) is -0.630. The lowest BCUT2D eigenvalue weighted by atomic mass is 10.1. The molecule has 0 bridgehead atoms. The smallest absolute Gasteiger partial charge is 0.307 e. The summed E-state index contributed by atoms with van der Waals surface area (Å²) in [5, 5.41) is 5.55. The topological polar surface area (TPSA) is 87.7 Å². The second-order valence-electron chi connectivity index (χ2n) is 5.41. The standard InChI is InChI=1S/C15H27N3O4/c1-3-5-6-16-13(19)11-18-8-7-17-15(21)12(18)10-14(20)22-9-4-2/h12H,3-11H2,1-2H3,(H,16,19)(H,17,21). The van der Waals surface area contributed by atoms with Crippen LogP contribution in [0.4, 0.5) is 0 Å². The van der Waals surface area contributed by atoms with E-state index in [9.17, 15) is 14.4 Å². The molecule has 1 aliphatic heterocycles. The predicted octanol–water partition coefficient (Wildman–Crippen LogP) is 0.0464. The van der Waals surface area contributed by atoms with Crippen LogP contribution in [0.2, 0.25) is 0 Å². The minimum Gasteiger partial charge on any atom is -0.466 e. The summed E-state index contributed by atoms with van der Waals surface area (Å²) < 4.78 is 5.03. The fraction of sp³-hybridized carbons (Fsp3) is 0.800. The second kappa shape index (κ2) is 10.2. The fourth-order valence-electron chi connectivity index (χ4n) is 2.25. The molecule has 7 nitrogen and oxygen atoms in total. The average Bonchev–Trinajstić information content (AvgIpc) is 2.49. The quantitative estimate of drug-likeness (QED) is 0.464. The van der Waals surface area contributed by atoms with Gasteiger partial charge in [-0.15, -0.1) is 0 Å². The molecule has 1 aliphatic rings. The molecule has 0 aliphatic carbocycles. The van der Waals surface area contributed by atoms with Crippen molar-refractivity contribution in [3.05, 3.63) is 0 Å². The molecule has 7 heteroatoms. The zero-order valence-corrected chi connectivity index (χ0v) is 13.5. The Bertz CT molecular complexity index is 387. The van der Waals surface area contributed by atoms with Gasteiger partial charge in [-0.2, -0.15) is 0 Å². The molecular formula is C15H27N3O4. The molecule has 22 heavy (non-hydrogen) atoms. The van der Waals surface area contributed by atoms with Crippen molar-refractivity contribution in [3.63, 3.8) is 0 Å². The number of esters is 1. The van der Waals surface area contributed by atoms with E-state index in [1.165, 1.54) is 0 Å². The third-order valence-electron chi connectivity index (χ3n) is 3.47. The van der Waals surface area contributed by atoms with Gasteiger partial charge in [0.25, 0.3) is 0 Å². The van der Waals surface area contributed by atoms with Gasteiger partial charge in [0.15, 0.2) is 0 Å². The van der Waals surface area contributed by atoms with E-state index < -0.39 is 12.0 Å². The molecule has 2 amide bonds. The van der Waals surface area contributed by atoms with E-state index >= 15 is 0 Å². The Morgan fingerprint density at radius 2 is 2.14 bits per heavy atom. The van der Waals surface area contributed by atoms with Crippen LogP contribution in [0.5, 0.6) is 0 Å². The lowest BCUT2D eigenvalue weighted by Crippen LogP contribution is -2.58. The van der Waals surface area contributed by atoms with Gasteiger partial charge >= 0.3 is 5.97 Å². The van der Waals surface area contributed by atoms with Crippen molar-refractivity contribution >= 4 is 17.8 Å². The molecule has 1 fully saturated rings. The van der Waals surface area contributed by atoms with E-state index in [4.69, 9.17) is 4.74 Å². The molecule has 1 unspecified atom stereocenters. The molecule has 1 rings (SSSR count). The number of nitrogens with one attached hydrogen (secondary N) is 2. The van der Waals surface area contributed by atoms with E-state index in [2.05, 4.69) is 17.6 Å². The Hall–Kier alpha value is -1.63. The number of carbonyl (C=O) groups excluding carboxylic acids is 3. The number of hydrogen-bond acceptors (Lipinski definition) is 5. The van der Waals surface area contributed by atoms with Crippen LogP contribution in [0.15, 0.2) is 0 Å². The molecule has 0 aromatic heterocycles. The first kappa shape index (κ1) is 18.4. The van der Waals surface area contributed by atoms with Gasteiger partial charge in [-0.1, -0.05) is 20.3 Å². The van der Waals surface area contributed by atoms with Crippen LogP contribution in [0.3, 0.4) is 0 Å². The molecule has 2 N–H and O–H groups in total. The highest BCUT2D eigenvalue weighted by molar-refractivity contribution is 5.88. The normalized spacial score (nSPS) is 18.6. The minimum atomic E-state index is -0.630.